The molecule has 12 rings (SSSR count). The van der Waals surface area contributed by atoms with Crippen LogP contribution in [-0.2, 0) is 5.41 Å². The standard InChI is InChI=1S/C55H38N2S/c1-55(2)47-25-10-8-22-45(47)52-40(23-13-26-48(52)55)36-16-12-19-38(33-36)56(51-28-14-24-43-44-31-29-35-15-6-7-20-41(35)53(44)58-54(43)51)39-30-32-50-46(34-39)42-21-9-11-27-49(42)57(50)37-17-4-3-5-18-37/h3-34H,1-2H3. The maximum absolute atomic E-state index is 2.50. The zero-order valence-electron chi connectivity index (χ0n) is 32.3. The molecule has 274 valence electrons. The monoisotopic (exact) mass is 758 g/mol. The van der Waals surface area contributed by atoms with Gasteiger partial charge in [-0.25, -0.2) is 0 Å². The fourth-order valence-corrected chi connectivity index (χ4v) is 11.2. The minimum atomic E-state index is -0.0685. The van der Waals surface area contributed by atoms with Crippen molar-refractivity contribution < 1.29 is 0 Å². The van der Waals surface area contributed by atoms with E-state index in [1.54, 1.807) is 0 Å². The maximum atomic E-state index is 2.50. The van der Waals surface area contributed by atoms with Crippen molar-refractivity contribution in [3.63, 3.8) is 0 Å². The van der Waals surface area contributed by atoms with E-state index in [2.05, 4.69) is 217 Å². The van der Waals surface area contributed by atoms with E-state index in [9.17, 15) is 0 Å². The second kappa shape index (κ2) is 12.5. The Bertz CT molecular complexity index is 3440. The van der Waals surface area contributed by atoms with E-state index in [-0.39, 0.29) is 5.41 Å². The van der Waals surface area contributed by atoms with Gasteiger partial charge in [-0.05, 0) is 98.8 Å². The van der Waals surface area contributed by atoms with E-state index >= 15 is 0 Å². The van der Waals surface area contributed by atoms with Crippen LogP contribution in [0.15, 0.2) is 194 Å². The highest BCUT2D eigenvalue weighted by Crippen LogP contribution is 2.53. The van der Waals surface area contributed by atoms with Crippen molar-refractivity contribution in [2.45, 2.75) is 19.3 Å². The van der Waals surface area contributed by atoms with Crippen LogP contribution < -0.4 is 4.90 Å². The Hall–Kier alpha value is -6.94. The van der Waals surface area contributed by atoms with Gasteiger partial charge in [0.15, 0.2) is 0 Å². The number of anilines is 3. The van der Waals surface area contributed by atoms with Gasteiger partial charge in [0.1, 0.15) is 0 Å². The fraction of sp³-hybridized carbons (Fsp3) is 0.0545. The van der Waals surface area contributed by atoms with Crippen LogP contribution >= 0.6 is 11.3 Å². The molecule has 11 aromatic rings. The number of hydrogen-bond donors (Lipinski definition) is 0. The van der Waals surface area contributed by atoms with Crippen LogP contribution in [0.2, 0.25) is 0 Å². The Morgan fingerprint density at radius 2 is 1.12 bits per heavy atom. The molecule has 0 amide bonds. The lowest BCUT2D eigenvalue weighted by Crippen LogP contribution is -2.14. The van der Waals surface area contributed by atoms with Crippen molar-refractivity contribution in [1.29, 1.82) is 0 Å². The van der Waals surface area contributed by atoms with E-state index in [0.717, 1.165) is 17.1 Å². The van der Waals surface area contributed by atoms with Crippen molar-refractivity contribution in [1.82, 2.24) is 4.57 Å². The van der Waals surface area contributed by atoms with Crippen LogP contribution in [0.3, 0.4) is 0 Å². The first kappa shape index (κ1) is 33.2. The van der Waals surface area contributed by atoms with Crippen molar-refractivity contribution in [3.05, 3.63) is 205 Å². The normalized spacial score (nSPS) is 13.1. The van der Waals surface area contributed by atoms with Gasteiger partial charge in [-0.3, -0.25) is 0 Å². The third-order valence-corrected chi connectivity index (χ3v) is 13.8. The van der Waals surface area contributed by atoms with Gasteiger partial charge in [0.2, 0.25) is 0 Å². The first-order valence-electron chi connectivity index (χ1n) is 20.1. The Kier molecular flexibility index (Phi) is 7.18. The lowest BCUT2D eigenvalue weighted by atomic mass is 9.82. The lowest BCUT2D eigenvalue weighted by molar-refractivity contribution is 0.660. The molecule has 0 atom stereocenters. The Morgan fingerprint density at radius 3 is 2.03 bits per heavy atom. The molecule has 0 saturated carbocycles. The molecule has 2 nitrogen and oxygen atoms in total. The minimum Gasteiger partial charge on any atom is -0.309 e. The van der Waals surface area contributed by atoms with Gasteiger partial charge in [-0.2, -0.15) is 0 Å². The number of para-hydroxylation sites is 2. The van der Waals surface area contributed by atoms with Gasteiger partial charge >= 0.3 is 0 Å². The Morgan fingerprint density at radius 1 is 0.448 bits per heavy atom. The molecule has 2 heterocycles. The minimum absolute atomic E-state index is 0.0685. The largest absolute Gasteiger partial charge is 0.309 e. The number of nitrogens with zero attached hydrogens (tertiary/aromatic N) is 2. The first-order chi connectivity index (χ1) is 28.5. The molecule has 0 unspecified atom stereocenters. The summed E-state index contributed by atoms with van der Waals surface area (Å²) in [5.74, 6) is 0. The molecule has 0 saturated heterocycles. The molecule has 0 aliphatic heterocycles. The molecule has 1 aliphatic rings. The summed E-state index contributed by atoms with van der Waals surface area (Å²) in [6, 6.07) is 71.8. The SMILES string of the molecule is CC1(C)c2ccccc2-c2c(-c3cccc(N(c4ccc5c(c4)c4ccccc4n5-c4ccccc4)c4cccc5c4sc4c6ccccc6ccc54)c3)cccc21. The summed E-state index contributed by atoms with van der Waals surface area (Å²) in [5.41, 5.74) is 14.9. The average Bonchev–Trinajstić information content (AvgIpc) is 3.90. The highest BCUT2D eigenvalue weighted by atomic mass is 32.1. The molecule has 0 bridgehead atoms. The molecule has 3 heteroatoms. The number of hydrogen-bond acceptors (Lipinski definition) is 2. The molecule has 0 radical (unpaired) electrons. The van der Waals surface area contributed by atoms with E-state index in [1.807, 2.05) is 11.3 Å². The van der Waals surface area contributed by atoms with Crippen LogP contribution in [0, 0.1) is 0 Å². The summed E-state index contributed by atoms with van der Waals surface area (Å²) in [4.78, 5) is 2.50. The average molecular weight is 759 g/mol. The number of aromatic nitrogens is 1. The lowest BCUT2D eigenvalue weighted by Gasteiger charge is -2.27. The topological polar surface area (TPSA) is 8.17 Å². The molecule has 0 fully saturated rings. The van der Waals surface area contributed by atoms with Gasteiger partial charge in [-0.1, -0.05) is 153 Å². The molecule has 0 N–H and O–H groups in total. The molecule has 0 spiro atoms. The van der Waals surface area contributed by atoms with Gasteiger partial charge in [0.05, 0.1) is 21.4 Å². The van der Waals surface area contributed by atoms with Crippen LogP contribution in [0.1, 0.15) is 25.0 Å². The molecular weight excluding hydrogens is 721 g/mol. The highest BCUT2D eigenvalue weighted by molar-refractivity contribution is 7.27. The van der Waals surface area contributed by atoms with Crippen LogP contribution in [0.5, 0.6) is 0 Å². The van der Waals surface area contributed by atoms with Crippen LogP contribution in [-0.4, -0.2) is 4.57 Å². The van der Waals surface area contributed by atoms with Crippen molar-refractivity contribution in [2.24, 2.45) is 0 Å². The number of rotatable bonds is 5. The van der Waals surface area contributed by atoms with Crippen molar-refractivity contribution in [3.8, 4) is 27.9 Å². The quantitative estimate of drug-likeness (QED) is 0.170. The summed E-state index contributed by atoms with van der Waals surface area (Å²) < 4.78 is 5.01. The van der Waals surface area contributed by atoms with Gasteiger partial charge in [0, 0.05) is 48.7 Å². The number of benzene rings is 9. The maximum Gasteiger partial charge on any atom is 0.0640 e. The predicted molar refractivity (Wildman–Crippen MR) is 249 cm³/mol. The molecule has 2 aromatic heterocycles. The van der Waals surface area contributed by atoms with Crippen LogP contribution in [0.25, 0.3) is 80.7 Å². The summed E-state index contributed by atoms with van der Waals surface area (Å²) >= 11 is 1.91. The molecule has 1 aliphatic carbocycles. The molecule has 9 aromatic carbocycles. The summed E-state index contributed by atoms with van der Waals surface area (Å²) in [7, 11) is 0. The second-order valence-corrected chi connectivity index (χ2v) is 17.1. The van der Waals surface area contributed by atoms with Gasteiger partial charge in [0.25, 0.3) is 0 Å². The molecular formula is C55H38N2S. The summed E-state index contributed by atoms with van der Waals surface area (Å²) in [5, 5.41) is 7.63. The van der Waals surface area contributed by atoms with E-state index in [1.165, 1.54) is 91.8 Å². The predicted octanol–water partition coefficient (Wildman–Crippen LogP) is 15.7. The van der Waals surface area contributed by atoms with Gasteiger partial charge < -0.3 is 9.47 Å². The van der Waals surface area contributed by atoms with E-state index < -0.39 is 0 Å². The zero-order chi connectivity index (χ0) is 38.5. The third kappa shape index (κ3) is 4.77. The number of fused-ring (bicyclic) bond motifs is 11. The third-order valence-electron chi connectivity index (χ3n) is 12.6. The molecule has 58 heavy (non-hydrogen) atoms. The van der Waals surface area contributed by atoms with E-state index in [0.29, 0.717) is 0 Å². The first-order valence-corrected chi connectivity index (χ1v) is 20.9. The summed E-state index contributed by atoms with van der Waals surface area (Å²) in [6.45, 7) is 4.72. The van der Waals surface area contributed by atoms with Crippen LogP contribution in [0.4, 0.5) is 17.1 Å². The van der Waals surface area contributed by atoms with E-state index in [4.69, 9.17) is 0 Å². The zero-order valence-corrected chi connectivity index (χ0v) is 33.1. The smallest absolute Gasteiger partial charge is 0.0640 e. The number of thiophene rings is 1. The second-order valence-electron chi connectivity index (χ2n) is 16.1. The van der Waals surface area contributed by atoms with Gasteiger partial charge in [-0.15, -0.1) is 11.3 Å². The Labute approximate surface area is 341 Å². The fourth-order valence-electron chi connectivity index (χ4n) is 9.88. The summed E-state index contributed by atoms with van der Waals surface area (Å²) in [6.07, 6.45) is 0. The Balaban J connectivity index is 1.12. The van der Waals surface area contributed by atoms with Crippen molar-refractivity contribution >= 4 is 81.1 Å². The van der Waals surface area contributed by atoms with Crippen molar-refractivity contribution in [2.75, 3.05) is 4.90 Å². The highest BCUT2D eigenvalue weighted by Gasteiger charge is 2.36.